The molecule has 16 heteroatoms. The van der Waals surface area contributed by atoms with Crippen molar-refractivity contribution in [2.75, 3.05) is 10.9 Å². The summed E-state index contributed by atoms with van der Waals surface area (Å²) in [7, 11) is -10.5. The van der Waals surface area contributed by atoms with Gasteiger partial charge in [0.25, 0.3) is 0 Å². The molecule has 0 bridgehead atoms. The zero-order chi connectivity index (χ0) is 34.4. The van der Waals surface area contributed by atoms with Crippen molar-refractivity contribution in [2.24, 2.45) is 10.2 Å². The van der Waals surface area contributed by atoms with Crippen molar-refractivity contribution in [2.45, 2.75) is 23.6 Å². The SMILES string of the molecule is Cc1cc(-c2cc(C)c(N/N=C3/C(=O)C=Cc4ccccc43)cc2S(=O)(=O)[O-])c(S(=O)(=O)[O-])cc1N/N=C1/C(=O)C=Cc2ccccc21.[Na+].[Na+]. The first kappa shape index (κ1) is 39.2. The van der Waals surface area contributed by atoms with Crippen LogP contribution in [0.2, 0.25) is 0 Å². The van der Waals surface area contributed by atoms with Crippen molar-refractivity contribution in [1.29, 1.82) is 0 Å². The molecule has 2 N–H and O–H groups in total. The quantitative estimate of drug-likeness (QED) is 0.130. The molecule has 0 unspecified atom stereocenters. The molecule has 0 fully saturated rings. The van der Waals surface area contributed by atoms with Crippen LogP contribution in [0.5, 0.6) is 0 Å². The maximum Gasteiger partial charge on any atom is 1.00 e. The predicted molar refractivity (Wildman–Crippen MR) is 179 cm³/mol. The van der Waals surface area contributed by atoms with Gasteiger partial charge in [-0.15, -0.1) is 0 Å². The topological polar surface area (TPSA) is 197 Å². The molecular formula is C34H24N4Na2O8S2. The van der Waals surface area contributed by atoms with E-state index in [0.717, 1.165) is 23.3 Å². The van der Waals surface area contributed by atoms with Crippen molar-refractivity contribution >= 4 is 66.8 Å². The number of anilines is 2. The molecule has 0 atom stereocenters. The van der Waals surface area contributed by atoms with Gasteiger partial charge in [0, 0.05) is 22.3 Å². The van der Waals surface area contributed by atoms with Gasteiger partial charge < -0.3 is 9.11 Å². The van der Waals surface area contributed by atoms with Gasteiger partial charge in [-0.25, -0.2) is 16.8 Å². The molecule has 0 aromatic heterocycles. The Labute approximate surface area is 332 Å². The van der Waals surface area contributed by atoms with Crippen LogP contribution in [0, 0.1) is 13.8 Å². The largest absolute Gasteiger partial charge is 1.00 e. The molecule has 0 amide bonds. The molecule has 2 aliphatic rings. The van der Waals surface area contributed by atoms with Crippen LogP contribution in [0.15, 0.2) is 105 Å². The summed E-state index contributed by atoms with van der Waals surface area (Å²) < 4.78 is 75.3. The Balaban J connectivity index is 0.00000281. The van der Waals surface area contributed by atoms with Crippen LogP contribution in [0.3, 0.4) is 0 Å². The minimum Gasteiger partial charge on any atom is -0.744 e. The number of carbonyl (C=O) groups excluding carboxylic acids is 2. The van der Waals surface area contributed by atoms with Gasteiger partial charge in [-0.3, -0.25) is 20.4 Å². The number of allylic oxidation sites excluding steroid dienone is 2. The van der Waals surface area contributed by atoms with Gasteiger partial charge in [0.05, 0.1) is 21.2 Å². The number of benzene rings is 4. The molecule has 0 aliphatic heterocycles. The first-order valence-corrected chi connectivity index (χ1v) is 17.1. The third-order valence-electron chi connectivity index (χ3n) is 7.79. The Kier molecular flexibility index (Phi) is 12.1. The van der Waals surface area contributed by atoms with Crippen LogP contribution in [-0.2, 0) is 29.8 Å². The standard InChI is InChI=1S/C34H26N4O8S2.2Na/c1-19-15-25(31(47(41,42)43)17-27(19)35-37-33-23-9-5-3-7-21(23)11-13-29(33)39)26-16-20(2)28(18-32(26)48(44,45)46)36-38-34-24-10-6-4-8-22(24)12-14-30(34)40;;/h3-18,35-36H,1-2H3,(H,41,42,43)(H,44,45,46);;/q;2*+1/p-2/b37-33+,38-34+;;. The van der Waals surface area contributed by atoms with Crippen LogP contribution in [-0.4, -0.2) is 48.9 Å². The molecule has 6 rings (SSSR count). The second kappa shape index (κ2) is 15.4. The van der Waals surface area contributed by atoms with Crippen LogP contribution in [0.1, 0.15) is 33.4 Å². The second-order valence-corrected chi connectivity index (χ2v) is 13.6. The van der Waals surface area contributed by atoms with E-state index in [1.807, 2.05) is 0 Å². The number of hydrazone groups is 2. The van der Waals surface area contributed by atoms with Gasteiger partial charge in [0.1, 0.15) is 31.7 Å². The molecule has 242 valence electrons. The van der Waals surface area contributed by atoms with Crippen LogP contribution >= 0.6 is 0 Å². The smallest absolute Gasteiger partial charge is 0.744 e. The molecule has 2 aliphatic carbocycles. The molecule has 12 nitrogen and oxygen atoms in total. The fourth-order valence-electron chi connectivity index (χ4n) is 5.38. The molecule has 4 aromatic rings. The van der Waals surface area contributed by atoms with Gasteiger partial charge in [-0.2, -0.15) is 10.2 Å². The van der Waals surface area contributed by atoms with E-state index in [9.17, 15) is 35.5 Å². The minimum atomic E-state index is -5.26. The van der Waals surface area contributed by atoms with Gasteiger partial charge in [-0.05, 0) is 72.5 Å². The molecular weight excluding hydrogens is 703 g/mol. The summed E-state index contributed by atoms with van der Waals surface area (Å²) in [5, 5.41) is 8.39. The minimum absolute atomic E-state index is 0. The van der Waals surface area contributed by atoms with Crippen molar-refractivity contribution in [3.8, 4) is 11.1 Å². The molecule has 0 saturated carbocycles. The van der Waals surface area contributed by atoms with Crippen molar-refractivity contribution in [3.05, 3.63) is 118 Å². The fourth-order valence-corrected chi connectivity index (χ4v) is 6.79. The zero-order valence-corrected chi connectivity index (χ0v) is 32.8. The van der Waals surface area contributed by atoms with Gasteiger partial charge in [-0.1, -0.05) is 60.7 Å². The van der Waals surface area contributed by atoms with E-state index in [1.54, 1.807) is 74.5 Å². The summed E-state index contributed by atoms with van der Waals surface area (Å²) >= 11 is 0. The monoisotopic (exact) mass is 726 g/mol. The maximum absolute atomic E-state index is 12.6. The third-order valence-corrected chi connectivity index (χ3v) is 9.54. The van der Waals surface area contributed by atoms with Crippen LogP contribution < -0.4 is 70.0 Å². The van der Waals surface area contributed by atoms with Gasteiger partial charge in [0.2, 0.25) is 11.6 Å². The number of nitrogens with zero attached hydrogens (tertiary/aromatic N) is 2. The molecule has 4 aromatic carbocycles. The summed E-state index contributed by atoms with van der Waals surface area (Å²) in [6.07, 6.45) is 5.96. The predicted octanol–water partition coefficient (Wildman–Crippen LogP) is -1.39. The molecule has 0 heterocycles. The van der Waals surface area contributed by atoms with Gasteiger partial charge in [0.15, 0.2) is 0 Å². The van der Waals surface area contributed by atoms with Crippen LogP contribution in [0.25, 0.3) is 23.3 Å². The van der Waals surface area contributed by atoms with E-state index >= 15 is 0 Å². The van der Waals surface area contributed by atoms with E-state index < -0.39 is 41.6 Å². The van der Waals surface area contributed by atoms with Crippen molar-refractivity contribution in [1.82, 2.24) is 0 Å². The summed E-state index contributed by atoms with van der Waals surface area (Å²) in [6.45, 7) is 3.09. The van der Waals surface area contributed by atoms with E-state index in [0.29, 0.717) is 22.3 Å². The molecule has 0 spiro atoms. The second-order valence-electron chi connectivity index (χ2n) is 10.9. The number of aryl methyl sites for hydroxylation is 2. The average Bonchev–Trinajstić information content (AvgIpc) is 3.03. The summed E-state index contributed by atoms with van der Waals surface area (Å²) in [5.41, 5.74) is 8.05. The first-order valence-electron chi connectivity index (χ1n) is 14.2. The Bertz CT molecular complexity index is 2250. The summed E-state index contributed by atoms with van der Waals surface area (Å²) in [5.74, 6) is -0.805. The number of ketones is 2. The van der Waals surface area contributed by atoms with E-state index in [4.69, 9.17) is 0 Å². The summed E-state index contributed by atoms with van der Waals surface area (Å²) in [6, 6.07) is 18.4. The number of hydrogen-bond acceptors (Lipinski definition) is 12. The number of fused-ring (bicyclic) bond motifs is 2. The Hall–Kier alpha value is -3.54. The first-order chi connectivity index (χ1) is 22.7. The number of rotatable bonds is 7. The van der Waals surface area contributed by atoms with Crippen molar-refractivity contribution < 1.29 is 94.6 Å². The Morgan fingerprint density at radius 2 is 0.900 bits per heavy atom. The van der Waals surface area contributed by atoms with Gasteiger partial charge >= 0.3 is 59.1 Å². The Morgan fingerprint density at radius 1 is 0.540 bits per heavy atom. The molecule has 0 saturated heterocycles. The normalized spacial score (nSPS) is 15.2. The number of hydrogen-bond donors (Lipinski definition) is 2. The fraction of sp³-hybridized carbons (Fsp3) is 0.0588. The van der Waals surface area contributed by atoms with E-state index in [1.165, 1.54) is 24.3 Å². The number of nitrogens with one attached hydrogen (secondary N) is 2. The zero-order valence-electron chi connectivity index (χ0n) is 27.2. The third kappa shape index (κ3) is 8.00. The molecule has 50 heavy (non-hydrogen) atoms. The van der Waals surface area contributed by atoms with E-state index in [-0.39, 0.29) is 93.0 Å². The van der Waals surface area contributed by atoms with E-state index in [2.05, 4.69) is 21.1 Å². The molecule has 0 radical (unpaired) electrons. The summed E-state index contributed by atoms with van der Waals surface area (Å²) in [4.78, 5) is 23.6. The van der Waals surface area contributed by atoms with Crippen molar-refractivity contribution in [3.63, 3.8) is 0 Å². The number of carbonyl (C=O) groups is 2. The van der Waals surface area contributed by atoms with Crippen LogP contribution in [0.4, 0.5) is 11.4 Å². The average molecular weight is 727 g/mol. The Morgan fingerprint density at radius 3 is 1.26 bits per heavy atom. The maximum atomic E-state index is 12.6.